The van der Waals surface area contributed by atoms with E-state index in [4.69, 9.17) is 0 Å². The quantitative estimate of drug-likeness (QED) is 0.622. The molecule has 0 aromatic heterocycles. The highest BCUT2D eigenvalue weighted by molar-refractivity contribution is 7.88. The Bertz CT molecular complexity index is 285. The number of nitrogens with zero attached hydrogens (tertiary/aromatic N) is 4. The Morgan fingerprint density at radius 2 is 1.58 bits per heavy atom. The van der Waals surface area contributed by atoms with Gasteiger partial charge in [-0.3, -0.25) is 0 Å². The second-order valence-electron chi connectivity index (χ2n) is 3.08. The highest BCUT2D eigenvalue weighted by atomic mass is 32.2. The molecule has 0 aliphatic heterocycles. The van der Waals surface area contributed by atoms with Gasteiger partial charge in [0.05, 0.1) is 12.6 Å². The lowest BCUT2D eigenvalue weighted by molar-refractivity contribution is 0.543. The van der Waals surface area contributed by atoms with Crippen LogP contribution in [0.5, 0.6) is 0 Å². The lowest BCUT2D eigenvalue weighted by atomic mass is 10.1. The van der Waals surface area contributed by atoms with Crippen LogP contribution in [0.25, 0.3) is 0 Å². The van der Waals surface area contributed by atoms with E-state index in [1.807, 2.05) is 0 Å². The second-order valence-corrected chi connectivity index (χ2v) is 4.30. The Morgan fingerprint density at radius 3 is 1.92 bits per heavy atom. The molecule has 0 N–H and O–H groups in total. The zero-order chi connectivity index (χ0) is 9.83. The van der Waals surface area contributed by atoms with E-state index in [9.17, 15) is 8.42 Å². The Hall–Kier alpha value is -0.850. The first-order chi connectivity index (χ1) is 5.27. The molecule has 0 saturated heterocycles. The Kier molecular flexibility index (Phi) is 3.44. The molecule has 0 atom stereocenters. The maximum absolute atomic E-state index is 10.8. The van der Waals surface area contributed by atoms with Gasteiger partial charge in [0.1, 0.15) is 0 Å². The van der Waals surface area contributed by atoms with Gasteiger partial charge in [0.2, 0.25) is 0 Å². The first-order valence-electron chi connectivity index (χ1n) is 3.27. The average molecular weight is 192 g/mol. The van der Waals surface area contributed by atoms with Crippen LogP contribution in [0.4, 0.5) is 0 Å². The Labute approximate surface area is 72.0 Å². The molecule has 12 heavy (non-hydrogen) atoms. The molecule has 0 aromatic rings. The van der Waals surface area contributed by atoms with Crippen LogP contribution in [0.15, 0.2) is 19.3 Å². The van der Waals surface area contributed by atoms with E-state index < -0.39 is 15.7 Å². The first-order valence-corrected chi connectivity index (χ1v) is 4.67. The van der Waals surface area contributed by atoms with Crippen molar-refractivity contribution in [2.45, 2.75) is 26.3 Å². The van der Waals surface area contributed by atoms with Crippen LogP contribution in [-0.2, 0) is 10.2 Å². The molecule has 7 heteroatoms. The number of rotatable bonds is 2. The molecule has 0 rings (SSSR count). The fraction of sp³-hybridized carbons (Fsp3) is 1.00. The third-order valence-electron chi connectivity index (χ3n) is 0.629. The summed E-state index contributed by atoms with van der Waals surface area (Å²) in [6.45, 7) is 5.19. The standard InChI is InChI=1S/C5H12N4O2S/c1-5(2,3)7-9-12(10,11)8-6-4/h1-4H3. The molecule has 0 bridgehead atoms. The summed E-state index contributed by atoms with van der Waals surface area (Å²) in [5, 5.41) is 6.62. The van der Waals surface area contributed by atoms with Crippen molar-refractivity contribution < 1.29 is 8.42 Å². The lowest BCUT2D eigenvalue weighted by Crippen LogP contribution is -2.08. The molecule has 0 amide bonds. The topological polar surface area (TPSA) is 83.6 Å². The van der Waals surface area contributed by atoms with E-state index in [-0.39, 0.29) is 0 Å². The van der Waals surface area contributed by atoms with Gasteiger partial charge < -0.3 is 0 Å². The Balaban J connectivity index is 4.58. The maximum atomic E-state index is 10.8. The molecule has 0 aliphatic rings. The molecule has 0 spiro atoms. The van der Waals surface area contributed by atoms with E-state index in [0.29, 0.717) is 0 Å². The molecule has 0 saturated carbocycles. The van der Waals surface area contributed by atoms with E-state index in [1.54, 1.807) is 20.8 Å². The third-order valence-corrected chi connectivity index (χ3v) is 1.29. The smallest absolute Gasteiger partial charge is 0.179 e. The normalized spacial score (nSPS) is 14.7. The van der Waals surface area contributed by atoms with E-state index in [0.717, 1.165) is 0 Å². The van der Waals surface area contributed by atoms with Gasteiger partial charge in [-0.2, -0.15) is 18.6 Å². The van der Waals surface area contributed by atoms with Crippen molar-refractivity contribution in [2.24, 2.45) is 19.3 Å². The molecule has 0 heterocycles. The van der Waals surface area contributed by atoms with Crippen molar-refractivity contribution in [2.75, 3.05) is 7.05 Å². The number of hydrogen-bond donors (Lipinski definition) is 0. The van der Waals surface area contributed by atoms with Crippen LogP contribution in [0.2, 0.25) is 0 Å². The van der Waals surface area contributed by atoms with Gasteiger partial charge in [-0.15, -0.1) is 0 Å². The summed E-state index contributed by atoms with van der Waals surface area (Å²) >= 11 is 0. The summed E-state index contributed by atoms with van der Waals surface area (Å²) in [6.07, 6.45) is 0. The van der Waals surface area contributed by atoms with E-state index in [1.165, 1.54) is 7.05 Å². The summed E-state index contributed by atoms with van der Waals surface area (Å²) in [5.41, 5.74) is -0.518. The van der Waals surface area contributed by atoms with Gasteiger partial charge in [0, 0.05) is 0 Å². The largest absolute Gasteiger partial charge is 0.397 e. The van der Waals surface area contributed by atoms with Crippen LogP contribution in [0, 0.1) is 0 Å². The summed E-state index contributed by atoms with van der Waals surface area (Å²) in [4.78, 5) is 0. The molecular weight excluding hydrogens is 180 g/mol. The van der Waals surface area contributed by atoms with Crippen LogP contribution in [0.1, 0.15) is 20.8 Å². The predicted octanol–water partition coefficient (Wildman–Crippen LogP) is 1.56. The monoisotopic (exact) mass is 192 g/mol. The maximum Gasteiger partial charge on any atom is 0.397 e. The average Bonchev–Trinajstić information content (AvgIpc) is 1.83. The lowest BCUT2D eigenvalue weighted by Gasteiger charge is -2.07. The highest BCUT2D eigenvalue weighted by Gasteiger charge is 2.10. The van der Waals surface area contributed by atoms with E-state index in [2.05, 4.69) is 19.3 Å². The van der Waals surface area contributed by atoms with Crippen LogP contribution < -0.4 is 0 Å². The van der Waals surface area contributed by atoms with Crippen molar-refractivity contribution in [3.8, 4) is 0 Å². The molecule has 70 valence electrons. The molecule has 0 aliphatic carbocycles. The van der Waals surface area contributed by atoms with Crippen molar-refractivity contribution in [1.82, 2.24) is 0 Å². The van der Waals surface area contributed by atoms with Gasteiger partial charge in [-0.1, -0.05) is 0 Å². The van der Waals surface area contributed by atoms with Crippen LogP contribution >= 0.6 is 0 Å². The second kappa shape index (κ2) is 3.70. The van der Waals surface area contributed by atoms with Gasteiger partial charge in [-0.25, -0.2) is 0 Å². The molecule has 0 radical (unpaired) electrons. The van der Waals surface area contributed by atoms with Crippen LogP contribution in [0.3, 0.4) is 0 Å². The molecule has 0 unspecified atom stereocenters. The third kappa shape index (κ3) is 5.90. The fourth-order valence-corrected chi connectivity index (χ4v) is 0.881. The summed E-state index contributed by atoms with van der Waals surface area (Å²) in [7, 11) is -2.59. The summed E-state index contributed by atoms with van der Waals surface area (Å²) in [6, 6.07) is 0. The predicted molar refractivity (Wildman–Crippen MR) is 44.3 cm³/mol. The first kappa shape index (κ1) is 11.2. The highest BCUT2D eigenvalue weighted by Crippen LogP contribution is 2.09. The SMILES string of the molecule is CN=NS(=O)(=O)N=NC(C)(C)C. The van der Waals surface area contributed by atoms with Gasteiger partial charge in [0.15, 0.2) is 0 Å². The van der Waals surface area contributed by atoms with Crippen molar-refractivity contribution in [3.63, 3.8) is 0 Å². The van der Waals surface area contributed by atoms with Crippen molar-refractivity contribution >= 4 is 10.2 Å². The molecule has 0 aromatic carbocycles. The minimum Gasteiger partial charge on any atom is -0.179 e. The Morgan fingerprint density at radius 1 is 1.08 bits per heavy atom. The van der Waals surface area contributed by atoms with Gasteiger partial charge >= 0.3 is 10.2 Å². The summed E-state index contributed by atoms with van der Waals surface area (Å²) < 4.78 is 27.5. The van der Waals surface area contributed by atoms with Gasteiger partial charge in [-0.05, 0) is 29.8 Å². The minimum atomic E-state index is -3.85. The van der Waals surface area contributed by atoms with E-state index >= 15 is 0 Å². The molecular formula is C5H12N4O2S. The fourth-order valence-electron chi connectivity index (χ4n) is 0.294. The zero-order valence-electron chi connectivity index (χ0n) is 7.51. The molecule has 0 fully saturated rings. The summed E-state index contributed by atoms with van der Waals surface area (Å²) in [5.74, 6) is 0. The van der Waals surface area contributed by atoms with Crippen LogP contribution in [-0.4, -0.2) is 21.0 Å². The molecule has 6 nitrogen and oxygen atoms in total. The van der Waals surface area contributed by atoms with Crippen molar-refractivity contribution in [3.05, 3.63) is 0 Å². The van der Waals surface area contributed by atoms with Crippen molar-refractivity contribution in [1.29, 1.82) is 0 Å². The zero-order valence-corrected chi connectivity index (χ0v) is 8.33. The minimum absolute atomic E-state index is 0.518. The number of hydrogen-bond acceptors (Lipinski definition) is 4. The van der Waals surface area contributed by atoms with Gasteiger partial charge in [0.25, 0.3) is 0 Å².